The van der Waals surface area contributed by atoms with Gasteiger partial charge in [0.05, 0.1) is 6.92 Å². The third-order valence-electron chi connectivity index (χ3n) is 0.373. The Bertz CT molecular complexity index is 104. The molecular weight excluding hydrogens is 176 g/mol. The maximum absolute atomic E-state index is 3.89. The van der Waals surface area contributed by atoms with E-state index in [1.54, 1.807) is 6.92 Å². The highest BCUT2D eigenvalue weighted by Crippen LogP contribution is 2.70. The fourth-order valence-electron chi connectivity index (χ4n) is 0.119. The molecule has 0 bridgehead atoms. The van der Waals surface area contributed by atoms with Crippen LogP contribution in [0.3, 0.4) is 0 Å². The molecule has 0 N–H and O–H groups in total. The van der Waals surface area contributed by atoms with Gasteiger partial charge in [0, 0.05) is 0 Å². The Labute approximate surface area is 57.0 Å². The highest BCUT2D eigenvalue weighted by molar-refractivity contribution is 8.62. The summed E-state index contributed by atoms with van der Waals surface area (Å²) in [6, 6.07) is 2.59. The number of hydrogen-bond donors (Lipinski definition) is 0. The van der Waals surface area contributed by atoms with Crippen LogP contribution in [-0.4, -0.2) is 0 Å². The highest BCUT2D eigenvalue weighted by atomic mass is 32.6. The molecule has 8 heavy (non-hydrogen) atoms. The fourth-order valence-corrected chi connectivity index (χ4v) is 1.26. The topological polar surface area (TPSA) is 18.5 Å². The average molecular weight is 184 g/mol. The van der Waals surface area contributed by atoms with Gasteiger partial charge in [0.2, 0.25) is 0 Å². The summed E-state index contributed by atoms with van der Waals surface area (Å²) >= 11 is 0. The van der Waals surface area contributed by atoms with Gasteiger partial charge < -0.3 is 0 Å². The van der Waals surface area contributed by atoms with Crippen molar-refractivity contribution in [3.8, 4) is 6.07 Å². The van der Waals surface area contributed by atoms with E-state index in [1.807, 2.05) is 0 Å². The van der Waals surface area contributed by atoms with Gasteiger partial charge in [-0.3, -0.25) is 5.20 Å². The van der Waals surface area contributed by atoms with Crippen LogP contribution in [0, 0.1) is 6.07 Å². The minimum atomic E-state index is -0.281. The number of hydrogen-bond acceptors (Lipinski definition) is 0. The van der Waals surface area contributed by atoms with Crippen LogP contribution in [0.2, 0.25) is 0 Å². The largest absolute Gasteiger partial charge is 0.276 e. The molecule has 0 spiro atoms. The van der Waals surface area contributed by atoms with Crippen molar-refractivity contribution in [1.29, 1.82) is 0 Å². The SMILES string of the molecule is CC#[N+][N-]P(P)PP. The van der Waals surface area contributed by atoms with Gasteiger partial charge in [-0.25, -0.2) is 0 Å². The number of rotatable bonds is 2. The second kappa shape index (κ2) is 6.13. The molecule has 0 aromatic rings. The van der Waals surface area contributed by atoms with Crippen molar-refractivity contribution in [3.63, 3.8) is 0 Å². The lowest BCUT2D eigenvalue weighted by atomic mass is 10.9. The summed E-state index contributed by atoms with van der Waals surface area (Å²) in [5.74, 6) is 0. The molecule has 6 heteroatoms. The standard InChI is InChI=1S/C2H8N2P4/c1-2-3-4-8(6)7-5/h7H,5-6H2,1H3. The Hall–Kier alpha value is 1.01. The second-order valence-corrected chi connectivity index (χ2v) is 9.50. The molecule has 0 aromatic heterocycles. The van der Waals surface area contributed by atoms with Crippen LogP contribution in [0.4, 0.5) is 0 Å². The predicted octanol–water partition coefficient (Wildman–Crippen LogP) is 3.20. The van der Waals surface area contributed by atoms with Crippen LogP contribution >= 0.6 is 33.3 Å². The van der Waals surface area contributed by atoms with Crippen LogP contribution in [0.25, 0.3) is 10.2 Å². The van der Waals surface area contributed by atoms with E-state index in [2.05, 4.69) is 34.1 Å². The summed E-state index contributed by atoms with van der Waals surface area (Å²) in [4.78, 5) is 3.62. The van der Waals surface area contributed by atoms with Gasteiger partial charge >= 0.3 is 0 Å². The molecule has 0 amide bonds. The lowest BCUT2D eigenvalue weighted by Crippen LogP contribution is -1.37. The van der Waals surface area contributed by atoms with Gasteiger partial charge in [0.1, 0.15) is 0 Å². The Balaban J connectivity index is 3.19. The van der Waals surface area contributed by atoms with E-state index in [0.717, 1.165) is 7.96 Å². The van der Waals surface area contributed by atoms with Crippen molar-refractivity contribution in [2.45, 2.75) is 6.92 Å². The van der Waals surface area contributed by atoms with E-state index >= 15 is 0 Å². The van der Waals surface area contributed by atoms with E-state index in [1.165, 1.54) is 0 Å². The summed E-state index contributed by atoms with van der Waals surface area (Å²) in [5, 5.41) is 3.89. The van der Waals surface area contributed by atoms with Crippen LogP contribution in [0.15, 0.2) is 0 Å². The summed E-state index contributed by atoms with van der Waals surface area (Å²) in [5.41, 5.74) is 0. The second-order valence-electron chi connectivity index (χ2n) is 0.887. The summed E-state index contributed by atoms with van der Waals surface area (Å²) < 4.78 is 0. The first-order chi connectivity index (χ1) is 3.81. The molecule has 0 fully saturated rings. The first-order valence-electron chi connectivity index (χ1n) is 1.89. The molecule has 0 aliphatic rings. The Morgan fingerprint density at radius 2 is 2.50 bits per heavy atom. The Kier molecular flexibility index (Phi) is 6.91. The number of nitrogens with zero attached hydrogens (tertiary/aromatic N) is 2. The monoisotopic (exact) mass is 184 g/mol. The lowest BCUT2D eigenvalue weighted by molar-refractivity contribution is 1.86. The maximum Gasteiger partial charge on any atom is 0.268 e. The predicted molar refractivity (Wildman–Crippen MR) is 50.9 cm³/mol. The molecule has 0 heterocycles. The van der Waals surface area contributed by atoms with Crippen LogP contribution < -0.4 is 0 Å². The van der Waals surface area contributed by atoms with Crippen LogP contribution in [-0.2, 0) is 0 Å². The van der Waals surface area contributed by atoms with Crippen molar-refractivity contribution in [3.05, 3.63) is 10.2 Å². The van der Waals surface area contributed by atoms with E-state index in [9.17, 15) is 0 Å². The first kappa shape index (κ1) is 9.01. The first-order valence-corrected chi connectivity index (χ1v) is 8.46. The van der Waals surface area contributed by atoms with Gasteiger partial charge in [0.25, 0.3) is 6.07 Å². The van der Waals surface area contributed by atoms with E-state index in [-0.39, 0.29) is 7.45 Å². The molecule has 0 aliphatic carbocycles. The van der Waals surface area contributed by atoms with Gasteiger partial charge in [-0.1, -0.05) is 20.4 Å². The minimum absolute atomic E-state index is 0.281. The summed E-state index contributed by atoms with van der Waals surface area (Å²) in [6.45, 7) is 1.74. The molecule has 0 saturated heterocycles. The molecule has 0 saturated carbocycles. The summed E-state index contributed by atoms with van der Waals surface area (Å²) in [6.07, 6.45) is 0. The molecule has 46 valence electrons. The third-order valence-corrected chi connectivity index (χ3v) is 8.70. The molecule has 0 radical (unpaired) electrons. The van der Waals surface area contributed by atoms with Crippen molar-refractivity contribution >= 4 is 33.3 Å². The third kappa shape index (κ3) is 5.15. The fraction of sp³-hybridized carbons (Fsp3) is 0.500. The zero-order valence-electron chi connectivity index (χ0n) is 4.50. The van der Waals surface area contributed by atoms with Crippen molar-refractivity contribution < 1.29 is 0 Å². The minimum Gasteiger partial charge on any atom is -0.276 e. The van der Waals surface area contributed by atoms with Crippen LogP contribution in [0.5, 0.6) is 0 Å². The maximum atomic E-state index is 3.89. The molecule has 4 unspecified atom stereocenters. The van der Waals surface area contributed by atoms with Crippen LogP contribution in [0.1, 0.15) is 6.92 Å². The van der Waals surface area contributed by atoms with E-state index in [0.29, 0.717) is 0 Å². The van der Waals surface area contributed by atoms with Crippen molar-refractivity contribution in [2.75, 3.05) is 0 Å². The Morgan fingerprint density at radius 3 is 2.88 bits per heavy atom. The zero-order chi connectivity index (χ0) is 6.41. The molecule has 2 nitrogen and oxygen atoms in total. The van der Waals surface area contributed by atoms with Gasteiger partial charge in [-0.05, 0) is 0 Å². The zero-order valence-corrected chi connectivity index (χ0v) is 8.70. The molecule has 0 rings (SSSR count). The molecule has 0 aliphatic heterocycles. The van der Waals surface area contributed by atoms with Gasteiger partial charge in [-0.15, -0.1) is 17.9 Å². The molecular formula is C2H8N2P4. The quantitative estimate of drug-likeness (QED) is 0.463. The lowest BCUT2D eigenvalue weighted by Gasteiger charge is -2.07. The normalized spacial score (nSPS) is 12.9. The average Bonchev–Trinajstić information content (AvgIpc) is 1.83. The van der Waals surface area contributed by atoms with Gasteiger partial charge in [-0.2, -0.15) is 0 Å². The van der Waals surface area contributed by atoms with Crippen molar-refractivity contribution in [2.24, 2.45) is 0 Å². The smallest absolute Gasteiger partial charge is 0.268 e. The Morgan fingerprint density at radius 1 is 1.88 bits per heavy atom. The summed E-state index contributed by atoms with van der Waals surface area (Å²) in [7, 11) is 5.79. The van der Waals surface area contributed by atoms with E-state index in [4.69, 9.17) is 0 Å². The highest BCUT2D eigenvalue weighted by Gasteiger charge is 1.83. The van der Waals surface area contributed by atoms with E-state index < -0.39 is 0 Å². The van der Waals surface area contributed by atoms with Gasteiger partial charge in [0.15, 0.2) is 0 Å². The molecule has 4 atom stereocenters. The van der Waals surface area contributed by atoms with Crippen molar-refractivity contribution in [1.82, 2.24) is 0 Å². The molecule has 0 aromatic carbocycles.